The first-order valence-corrected chi connectivity index (χ1v) is 3.14. The molecule has 0 saturated carbocycles. The summed E-state index contributed by atoms with van der Waals surface area (Å²) in [5.74, 6) is -3.40. The lowest BCUT2D eigenvalue weighted by atomic mass is 9.97. The second kappa shape index (κ2) is 2.78. The van der Waals surface area contributed by atoms with Crippen LogP contribution >= 0.6 is 0 Å². The van der Waals surface area contributed by atoms with Crippen molar-refractivity contribution in [2.45, 2.75) is 31.9 Å². The minimum absolute atomic E-state index is 0.225. The molecule has 0 bridgehead atoms. The van der Waals surface area contributed by atoms with E-state index in [4.69, 9.17) is 0 Å². The molecule has 0 radical (unpaired) electrons. The van der Waals surface area contributed by atoms with Gasteiger partial charge < -0.3 is 5.73 Å². The summed E-state index contributed by atoms with van der Waals surface area (Å²) in [4.78, 5) is 0. The van der Waals surface area contributed by atoms with Crippen molar-refractivity contribution in [2.75, 3.05) is 6.54 Å². The lowest BCUT2D eigenvalue weighted by Crippen LogP contribution is -2.46. The number of hydrogen-bond donors (Lipinski definition) is 1. The predicted molar refractivity (Wildman–Crippen MR) is 33.8 cm³/mol. The Balaban J connectivity index is 4.28. The molecule has 1 nitrogen and oxygen atoms in total. The van der Waals surface area contributed by atoms with Gasteiger partial charge in [0.05, 0.1) is 6.54 Å². The van der Waals surface area contributed by atoms with Crippen LogP contribution in [-0.4, -0.2) is 18.1 Å². The second-order valence-electron chi connectivity index (χ2n) is 2.46. The van der Waals surface area contributed by atoms with Crippen LogP contribution in [0.2, 0.25) is 0 Å². The van der Waals surface area contributed by atoms with Crippen molar-refractivity contribution in [1.29, 1.82) is 0 Å². The minimum Gasteiger partial charge on any atom is -0.325 e. The average Bonchev–Trinajstić information content (AvgIpc) is 1.88. The molecule has 0 aromatic carbocycles. The van der Waals surface area contributed by atoms with Gasteiger partial charge >= 0.3 is 0 Å². The SMILES string of the molecule is CCC(C)(F)C(F)(F)CN. The molecule has 0 aliphatic heterocycles. The molecule has 62 valence electrons. The lowest BCUT2D eigenvalue weighted by molar-refractivity contribution is -0.122. The molecule has 0 spiro atoms. The third-order valence-corrected chi connectivity index (χ3v) is 1.68. The van der Waals surface area contributed by atoms with Crippen LogP contribution in [0.15, 0.2) is 0 Å². The van der Waals surface area contributed by atoms with E-state index in [0.29, 0.717) is 0 Å². The predicted octanol–water partition coefficient (Wildman–Crippen LogP) is 1.72. The van der Waals surface area contributed by atoms with Gasteiger partial charge in [-0.1, -0.05) is 6.92 Å². The van der Waals surface area contributed by atoms with Crippen LogP contribution in [0.4, 0.5) is 13.2 Å². The Morgan fingerprint density at radius 1 is 1.30 bits per heavy atom. The lowest BCUT2D eigenvalue weighted by Gasteiger charge is -2.27. The molecule has 0 amide bonds. The van der Waals surface area contributed by atoms with Gasteiger partial charge in [-0.05, 0) is 13.3 Å². The van der Waals surface area contributed by atoms with E-state index in [1.54, 1.807) is 0 Å². The van der Waals surface area contributed by atoms with E-state index in [2.05, 4.69) is 5.73 Å². The zero-order chi connectivity index (χ0) is 8.41. The van der Waals surface area contributed by atoms with Crippen molar-refractivity contribution in [3.8, 4) is 0 Å². The highest BCUT2D eigenvalue weighted by Crippen LogP contribution is 2.33. The Hall–Kier alpha value is -0.250. The molecule has 0 aliphatic rings. The molecule has 0 aromatic rings. The van der Waals surface area contributed by atoms with Gasteiger partial charge in [0, 0.05) is 0 Å². The first-order chi connectivity index (χ1) is 4.37. The Labute approximate surface area is 58.4 Å². The molecule has 10 heavy (non-hydrogen) atoms. The minimum atomic E-state index is -3.40. The summed E-state index contributed by atoms with van der Waals surface area (Å²) >= 11 is 0. The zero-order valence-electron chi connectivity index (χ0n) is 6.13. The fourth-order valence-electron chi connectivity index (χ4n) is 0.471. The third kappa shape index (κ3) is 1.62. The van der Waals surface area contributed by atoms with Crippen LogP contribution in [0, 0.1) is 0 Å². The fraction of sp³-hybridized carbons (Fsp3) is 1.00. The number of halogens is 3. The van der Waals surface area contributed by atoms with E-state index in [1.807, 2.05) is 0 Å². The van der Waals surface area contributed by atoms with Crippen LogP contribution in [0.3, 0.4) is 0 Å². The summed E-state index contributed by atoms with van der Waals surface area (Å²) in [5, 5.41) is 0. The van der Waals surface area contributed by atoms with Crippen LogP contribution in [0.1, 0.15) is 20.3 Å². The van der Waals surface area contributed by atoms with Crippen LogP contribution in [0.5, 0.6) is 0 Å². The standard InChI is InChI=1S/C6H12F3N/c1-3-5(2,7)6(8,9)4-10/h3-4,10H2,1-2H3. The molecule has 1 unspecified atom stereocenters. The molecule has 0 saturated heterocycles. The van der Waals surface area contributed by atoms with E-state index in [1.165, 1.54) is 6.92 Å². The van der Waals surface area contributed by atoms with Gasteiger partial charge in [-0.15, -0.1) is 0 Å². The van der Waals surface area contributed by atoms with E-state index in [0.717, 1.165) is 6.92 Å². The molecule has 0 aromatic heterocycles. The Kier molecular flexibility index (Phi) is 2.71. The fourth-order valence-corrected chi connectivity index (χ4v) is 0.471. The first kappa shape index (κ1) is 9.75. The zero-order valence-corrected chi connectivity index (χ0v) is 6.13. The maximum Gasteiger partial charge on any atom is 0.293 e. The third-order valence-electron chi connectivity index (χ3n) is 1.68. The van der Waals surface area contributed by atoms with Gasteiger partial charge in [0.2, 0.25) is 0 Å². The van der Waals surface area contributed by atoms with Gasteiger partial charge in [0.1, 0.15) is 0 Å². The summed E-state index contributed by atoms with van der Waals surface area (Å²) in [6.45, 7) is 1.29. The van der Waals surface area contributed by atoms with E-state index in [-0.39, 0.29) is 6.42 Å². The number of alkyl halides is 3. The van der Waals surface area contributed by atoms with Crippen molar-refractivity contribution in [1.82, 2.24) is 0 Å². The molecule has 2 N–H and O–H groups in total. The number of hydrogen-bond acceptors (Lipinski definition) is 1. The number of nitrogens with two attached hydrogens (primary N) is 1. The van der Waals surface area contributed by atoms with E-state index in [9.17, 15) is 13.2 Å². The molecule has 1 atom stereocenters. The van der Waals surface area contributed by atoms with Crippen molar-refractivity contribution in [3.05, 3.63) is 0 Å². The quantitative estimate of drug-likeness (QED) is 0.659. The van der Waals surface area contributed by atoms with Gasteiger partial charge in [-0.3, -0.25) is 0 Å². The Morgan fingerprint density at radius 2 is 1.70 bits per heavy atom. The van der Waals surface area contributed by atoms with Crippen LogP contribution in [-0.2, 0) is 0 Å². The summed E-state index contributed by atoms with van der Waals surface area (Å²) in [5.41, 5.74) is 2.21. The molecule has 0 fully saturated rings. The van der Waals surface area contributed by atoms with Crippen molar-refractivity contribution >= 4 is 0 Å². The van der Waals surface area contributed by atoms with Crippen molar-refractivity contribution in [2.24, 2.45) is 5.73 Å². The van der Waals surface area contributed by atoms with E-state index < -0.39 is 18.1 Å². The highest BCUT2D eigenvalue weighted by atomic mass is 19.3. The Bertz CT molecular complexity index is 97.6. The molecular formula is C6H12F3N. The molecule has 0 aliphatic carbocycles. The smallest absolute Gasteiger partial charge is 0.293 e. The summed E-state index contributed by atoms with van der Waals surface area (Å²) in [6, 6.07) is 0. The van der Waals surface area contributed by atoms with Crippen molar-refractivity contribution < 1.29 is 13.2 Å². The van der Waals surface area contributed by atoms with Gasteiger partial charge in [-0.25, -0.2) is 13.2 Å². The Morgan fingerprint density at radius 3 is 1.80 bits per heavy atom. The first-order valence-electron chi connectivity index (χ1n) is 3.14. The monoisotopic (exact) mass is 155 g/mol. The second-order valence-corrected chi connectivity index (χ2v) is 2.46. The highest BCUT2D eigenvalue weighted by molar-refractivity contribution is 4.89. The average molecular weight is 155 g/mol. The van der Waals surface area contributed by atoms with Gasteiger partial charge in [0.15, 0.2) is 5.67 Å². The topological polar surface area (TPSA) is 26.0 Å². The van der Waals surface area contributed by atoms with Crippen LogP contribution < -0.4 is 5.73 Å². The van der Waals surface area contributed by atoms with E-state index >= 15 is 0 Å². The number of rotatable bonds is 3. The molecule has 4 heteroatoms. The van der Waals surface area contributed by atoms with Crippen molar-refractivity contribution in [3.63, 3.8) is 0 Å². The normalized spacial score (nSPS) is 18.6. The summed E-state index contributed by atoms with van der Waals surface area (Å²) < 4.78 is 37.6. The summed E-state index contributed by atoms with van der Waals surface area (Å²) in [6.07, 6.45) is -0.225. The van der Waals surface area contributed by atoms with Gasteiger partial charge in [0.25, 0.3) is 5.92 Å². The van der Waals surface area contributed by atoms with Gasteiger partial charge in [-0.2, -0.15) is 0 Å². The maximum absolute atomic E-state index is 12.8. The highest BCUT2D eigenvalue weighted by Gasteiger charge is 2.48. The summed E-state index contributed by atoms with van der Waals surface area (Å²) in [7, 11) is 0. The maximum atomic E-state index is 12.8. The largest absolute Gasteiger partial charge is 0.325 e. The molecule has 0 heterocycles. The molecule has 0 rings (SSSR count). The molecular weight excluding hydrogens is 143 g/mol. The van der Waals surface area contributed by atoms with Crippen LogP contribution in [0.25, 0.3) is 0 Å².